The van der Waals surface area contributed by atoms with Gasteiger partial charge < -0.3 is 10.2 Å². The second kappa shape index (κ2) is 8.89. The summed E-state index contributed by atoms with van der Waals surface area (Å²) in [6.45, 7) is 0.176. The van der Waals surface area contributed by atoms with Crippen LogP contribution in [0.5, 0.6) is 0 Å². The van der Waals surface area contributed by atoms with Gasteiger partial charge in [0, 0.05) is 26.2 Å². The van der Waals surface area contributed by atoms with Crippen LogP contribution in [0.15, 0.2) is 83.8 Å². The van der Waals surface area contributed by atoms with Crippen molar-refractivity contribution < 1.29 is 13.2 Å². The van der Waals surface area contributed by atoms with Crippen molar-refractivity contribution in [2.75, 3.05) is 24.3 Å². The first kappa shape index (κ1) is 20.6. The molecular formula is C22H23N3O3S. The van der Waals surface area contributed by atoms with Crippen molar-refractivity contribution in [1.82, 2.24) is 4.72 Å². The summed E-state index contributed by atoms with van der Waals surface area (Å²) >= 11 is 0. The first-order valence-corrected chi connectivity index (χ1v) is 10.6. The van der Waals surface area contributed by atoms with Crippen LogP contribution in [-0.2, 0) is 16.6 Å². The fourth-order valence-corrected chi connectivity index (χ4v) is 3.89. The Labute approximate surface area is 171 Å². The lowest BCUT2D eigenvalue weighted by Crippen LogP contribution is -2.24. The van der Waals surface area contributed by atoms with Crippen LogP contribution in [0.2, 0.25) is 0 Å². The molecule has 0 heterocycles. The molecule has 1 amide bonds. The number of benzene rings is 3. The highest BCUT2D eigenvalue weighted by Crippen LogP contribution is 2.24. The third-order valence-electron chi connectivity index (χ3n) is 4.35. The Bertz CT molecular complexity index is 1100. The second-order valence-electron chi connectivity index (χ2n) is 6.70. The van der Waals surface area contributed by atoms with Crippen LogP contribution >= 0.6 is 0 Å². The number of anilines is 2. The van der Waals surface area contributed by atoms with E-state index in [-0.39, 0.29) is 22.9 Å². The highest BCUT2D eigenvalue weighted by molar-refractivity contribution is 7.89. The van der Waals surface area contributed by atoms with E-state index in [0.717, 1.165) is 11.3 Å². The van der Waals surface area contributed by atoms with E-state index in [1.807, 2.05) is 67.5 Å². The first-order valence-electron chi connectivity index (χ1n) is 9.08. The standard InChI is InChI=1S/C22H23N3O3S/c1-25(2)21-14-7-6-13-20(21)24-22(26)18-11-8-12-19(15-18)29(27,28)23-16-17-9-4-3-5-10-17/h3-15,23H,16H2,1-2H3,(H,24,26). The van der Waals surface area contributed by atoms with Crippen molar-refractivity contribution in [1.29, 1.82) is 0 Å². The van der Waals surface area contributed by atoms with Crippen molar-refractivity contribution in [3.63, 3.8) is 0 Å². The monoisotopic (exact) mass is 409 g/mol. The van der Waals surface area contributed by atoms with Crippen molar-refractivity contribution in [2.45, 2.75) is 11.4 Å². The van der Waals surface area contributed by atoms with E-state index in [9.17, 15) is 13.2 Å². The molecule has 2 N–H and O–H groups in total. The highest BCUT2D eigenvalue weighted by Gasteiger charge is 2.17. The largest absolute Gasteiger partial charge is 0.376 e. The molecule has 0 atom stereocenters. The van der Waals surface area contributed by atoms with E-state index in [0.29, 0.717) is 5.69 Å². The fraction of sp³-hybridized carbons (Fsp3) is 0.136. The van der Waals surface area contributed by atoms with Gasteiger partial charge in [0.1, 0.15) is 0 Å². The number of nitrogens with one attached hydrogen (secondary N) is 2. The Balaban J connectivity index is 1.77. The summed E-state index contributed by atoms with van der Waals surface area (Å²) in [5.41, 5.74) is 2.62. The molecule has 0 aliphatic carbocycles. The van der Waals surface area contributed by atoms with Crippen LogP contribution in [0, 0.1) is 0 Å². The lowest BCUT2D eigenvalue weighted by molar-refractivity contribution is 0.102. The van der Waals surface area contributed by atoms with Gasteiger partial charge in [-0.05, 0) is 35.9 Å². The van der Waals surface area contributed by atoms with Crippen molar-refractivity contribution in [3.8, 4) is 0 Å². The summed E-state index contributed by atoms with van der Waals surface area (Å²) in [5, 5.41) is 2.85. The summed E-state index contributed by atoms with van der Waals surface area (Å²) in [7, 11) is 0.0238. The van der Waals surface area contributed by atoms with Gasteiger partial charge in [0.15, 0.2) is 0 Å². The van der Waals surface area contributed by atoms with Crippen molar-refractivity contribution in [3.05, 3.63) is 90.0 Å². The van der Waals surface area contributed by atoms with E-state index < -0.39 is 10.0 Å². The average Bonchev–Trinajstić information content (AvgIpc) is 2.73. The molecule has 3 aromatic rings. The van der Waals surface area contributed by atoms with Gasteiger partial charge in [-0.25, -0.2) is 13.1 Å². The second-order valence-corrected chi connectivity index (χ2v) is 8.47. The van der Waals surface area contributed by atoms with Gasteiger partial charge >= 0.3 is 0 Å². The smallest absolute Gasteiger partial charge is 0.255 e. The van der Waals surface area contributed by atoms with E-state index >= 15 is 0 Å². The number of amides is 1. The Morgan fingerprint density at radius 1 is 0.897 bits per heavy atom. The average molecular weight is 410 g/mol. The van der Waals surface area contributed by atoms with E-state index in [1.54, 1.807) is 18.2 Å². The molecule has 29 heavy (non-hydrogen) atoms. The summed E-state index contributed by atoms with van der Waals surface area (Å²) < 4.78 is 27.8. The van der Waals surface area contributed by atoms with Crippen LogP contribution in [0.25, 0.3) is 0 Å². The van der Waals surface area contributed by atoms with Gasteiger partial charge in [-0.2, -0.15) is 0 Å². The molecule has 3 aromatic carbocycles. The molecule has 0 aliphatic rings. The molecule has 6 nitrogen and oxygen atoms in total. The van der Waals surface area contributed by atoms with Gasteiger partial charge in [0.25, 0.3) is 5.91 Å². The number of carbonyl (C=O) groups is 1. The molecule has 7 heteroatoms. The number of hydrogen-bond donors (Lipinski definition) is 2. The van der Waals surface area contributed by atoms with Crippen LogP contribution in [0.4, 0.5) is 11.4 Å². The molecule has 0 aromatic heterocycles. The summed E-state index contributed by atoms with van der Waals surface area (Å²) in [6, 6.07) is 22.7. The van der Waals surface area contributed by atoms with Crippen LogP contribution in [0.3, 0.4) is 0 Å². The SMILES string of the molecule is CN(C)c1ccccc1NC(=O)c1cccc(S(=O)(=O)NCc2ccccc2)c1. The maximum absolute atomic E-state index is 12.7. The zero-order valence-electron chi connectivity index (χ0n) is 16.3. The highest BCUT2D eigenvalue weighted by atomic mass is 32.2. The van der Waals surface area contributed by atoms with Gasteiger partial charge in [-0.3, -0.25) is 4.79 Å². The molecule has 3 rings (SSSR count). The molecule has 0 spiro atoms. The van der Waals surface area contributed by atoms with Crippen molar-refractivity contribution >= 4 is 27.3 Å². The van der Waals surface area contributed by atoms with Crippen LogP contribution in [0.1, 0.15) is 15.9 Å². The quantitative estimate of drug-likeness (QED) is 0.626. The topological polar surface area (TPSA) is 78.5 Å². The van der Waals surface area contributed by atoms with E-state index in [1.165, 1.54) is 12.1 Å². The Kier molecular flexibility index (Phi) is 6.31. The van der Waals surface area contributed by atoms with Gasteiger partial charge in [-0.1, -0.05) is 48.5 Å². The molecule has 0 saturated carbocycles. The number of sulfonamides is 1. The van der Waals surface area contributed by atoms with Gasteiger partial charge in [-0.15, -0.1) is 0 Å². The summed E-state index contributed by atoms with van der Waals surface area (Å²) in [6.07, 6.45) is 0. The minimum atomic E-state index is -3.75. The summed E-state index contributed by atoms with van der Waals surface area (Å²) in [4.78, 5) is 14.6. The zero-order chi connectivity index (χ0) is 20.9. The maximum atomic E-state index is 12.7. The molecule has 0 saturated heterocycles. The van der Waals surface area contributed by atoms with Crippen LogP contribution in [-0.4, -0.2) is 28.4 Å². The lowest BCUT2D eigenvalue weighted by atomic mass is 10.2. The van der Waals surface area contributed by atoms with Crippen molar-refractivity contribution in [2.24, 2.45) is 0 Å². The molecule has 0 bridgehead atoms. The Hall–Kier alpha value is -3.16. The minimum absolute atomic E-state index is 0.0435. The molecular weight excluding hydrogens is 386 g/mol. The predicted octanol–water partition coefficient (Wildman–Crippen LogP) is 3.48. The molecule has 0 radical (unpaired) electrons. The van der Waals surface area contributed by atoms with Gasteiger partial charge in [0.2, 0.25) is 10.0 Å². The van der Waals surface area contributed by atoms with Crippen LogP contribution < -0.4 is 14.9 Å². The number of para-hydroxylation sites is 2. The third kappa shape index (κ3) is 5.22. The minimum Gasteiger partial charge on any atom is -0.376 e. The Morgan fingerprint density at radius 2 is 1.59 bits per heavy atom. The lowest BCUT2D eigenvalue weighted by Gasteiger charge is -2.17. The van der Waals surface area contributed by atoms with E-state index in [2.05, 4.69) is 10.0 Å². The fourth-order valence-electron chi connectivity index (χ4n) is 2.83. The first-order chi connectivity index (χ1) is 13.9. The Morgan fingerprint density at radius 3 is 2.31 bits per heavy atom. The molecule has 0 unspecified atom stereocenters. The summed E-state index contributed by atoms with van der Waals surface area (Å²) in [5.74, 6) is -0.376. The normalized spacial score (nSPS) is 11.1. The number of nitrogens with zero attached hydrogens (tertiary/aromatic N) is 1. The number of hydrogen-bond acceptors (Lipinski definition) is 4. The third-order valence-corrected chi connectivity index (χ3v) is 5.75. The molecule has 150 valence electrons. The van der Waals surface area contributed by atoms with Gasteiger partial charge in [0.05, 0.1) is 16.3 Å². The predicted molar refractivity (Wildman–Crippen MR) is 116 cm³/mol. The number of carbonyl (C=O) groups excluding carboxylic acids is 1. The molecule has 0 aliphatic heterocycles. The maximum Gasteiger partial charge on any atom is 0.255 e. The van der Waals surface area contributed by atoms with E-state index in [4.69, 9.17) is 0 Å². The zero-order valence-corrected chi connectivity index (χ0v) is 17.1. The number of rotatable bonds is 7. The molecule has 0 fully saturated rings.